The van der Waals surface area contributed by atoms with Gasteiger partial charge < -0.3 is 10.1 Å². The van der Waals surface area contributed by atoms with Crippen molar-refractivity contribution in [3.05, 3.63) is 23.2 Å². The second-order valence-electron chi connectivity index (χ2n) is 3.89. The molecule has 0 saturated carbocycles. The molecule has 1 atom stereocenters. The summed E-state index contributed by atoms with van der Waals surface area (Å²) in [5.41, 5.74) is 1.06. The first-order chi connectivity index (χ1) is 7.71. The van der Waals surface area contributed by atoms with Gasteiger partial charge in [0.2, 0.25) is 0 Å². The van der Waals surface area contributed by atoms with Crippen molar-refractivity contribution >= 4 is 17.3 Å². The third kappa shape index (κ3) is 3.60. The van der Waals surface area contributed by atoms with Gasteiger partial charge in [-0.25, -0.2) is 0 Å². The monoisotopic (exact) mass is 241 g/mol. The Bertz CT molecular complexity index is 328. The molecule has 0 amide bonds. The number of benzene rings is 1. The van der Waals surface area contributed by atoms with Crippen LogP contribution in [0.5, 0.6) is 5.75 Å². The van der Waals surface area contributed by atoms with Crippen molar-refractivity contribution in [2.45, 2.75) is 39.2 Å². The molecule has 0 aliphatic heterocycles. The van der Waals surface area contributed by atoms with Crippen LogP contribution >= 0.6 is 11.6 Å². The van der Waals surface area contributed by atoms with Crippen LogP contribution in [0.4, 0.5) is 5.69 Å². The van der Waals surface area contributed by atoms with Crippen molar-refractivity contribution in [3.63, 3.8) is 0 Å². The lowest BCUT2D eigenvalue weighted by Gasteiger charge is -2.18. The second-order valence-corrected chi connectivity index (χ2v) is 4.29. The van der Waals surface area contributed by atoms with Crippen LogP contribution in [0.3, 0.4) is 0 Å². The number of hydrogen-bond donors (Lipinski definition) is 1. The van der Waals surface area contributed by atoms with Gasteiger partial charge in [-0.3, -0.25) is 0 Å². The molecular formula is C13H20ClNO. The number of anilines is 1. The maximum Gasteiger partial charge on any atom is 0.137 e. The lowest BCUT2D eigenvalue weighted by atomic mass is 10.1. The summed E-state index contributed by atoms with van der Waals surface area (Å²) < 4.78 is 5.12. The van der Waals surface area contributed by atoms with Gasteiger partial charge in [-0.15, -0.1) is 0 Å². The first-order valence-electron chi connectivity index (χ1n) is 5.81. The highest BCUT2D eigenvalue weighted by Gasteiger charge is 2.06. The van der Waals surface area contributed by atoms with E-state index in [4.69, 9.17) is 16.3 Å². The zero-order valence-corrected chi connectivity index (χ0v) is 11.0. The van der Waals surface area contributed by atoms with Crippen LogP contribution < -0.4 is 10.1 Å². The SMILES string of the molecule is CCCC(CC)Nc1ccc(OC)c(Cl)c1. The number of ether oxygens (including phenoxy) is 1. The Morgan fingerprint density at radius 2 is 2.12 bits per heavy atom. The van der Waals surface area contributed by atoms with E-state index in [1.54, 1.807) is 7.11 Å². The molecular weight excluding hydrogens is 222 g/mol. The minimum atomic E-state index is 0.523. The molecule has 1 aromatic rings. The fraction of sp³-hybridized carbons (Fsp3) is 0.538. The molecule has 1 rings (SSSR count). The number of rotatable bonds is 6. The van der Waals surface area contributed by atoms with Gasteiger partial charge in [0.15, 0.2) is 0 Å². The quantitative estimate of drug-likeness (QED) is 0.800. The van der Waals surface area contributed by atoms with Crippen LogP contribution in [-0.2, 0) is 0 Å². The van der Waals surface area contributed by atoms with Crippen molar-refractivity contribution in [1.82, 2.24) is 0 Å². The van der Waals surface area contributed by atoms with Crippen molar-refractivity contribution in [2.75, 3.05) is 12.4 Å². The van der Waals surface area contributed by atoms with Gasteiger partial charge in [0.1, 0.15) is 5.75 Å². The minimum absolute atomic E-state index is 0.523. The van der Waals surface area contributed by atoms with E-state index in [-0.39, 0.29) is 0 Å². The molecule has 1 unspecified atom stereocenters. The van der Waals surface area contributed by atoms with Crippen LogP contribution in [0.25, 0.3) is 0 Å². The Morgan fingerprint density at radius 3 is 2.62 bits per heavy atom. The van der Waals surface area contributed by atoms with Gasteiger partial charge in [-0.1, -0.05) is 31.9 Å². The molecule has 0 radical (unpaired) electrons. The largest absolute Gasteiger partial charge is 0.495 e. The van der Waals surface area contributed by atoms with E-state index in [0.717, 1.165) is 17.9 Å². The number of methoxy groups -OCH3 is 1. The van der Waals surface area contributed by atoms with Gasteiger partial charge >= 0.3 is 0 Å². The first kappa shape index (κ1) is 13.2. The van der Waals surface area contributed by atoms with Crippen molar-refractivity contribution in [1.29, 1.82) is 0 Å². The standard InChI is InChI=1S/C13H20ClNO/c1-4-6-10(5-2)15-11-7-8-13(16-3)12(14)9-11/h7-10,15H,4-6H2,1-3H3. The summed E-state index contributed by atoms with van der Waals surface area (Å²) in [5, 5.41) is 4.13. The molecule has 16 heavy (non-hydrogen) atoms. The lowest BCUT2D eigenvalue weighted by molar-refractivity contribution is 0.415. The fourth-order valence-corrected chi connectivity index (χ4v) is 1.98. The average Bonchev–Trinajstić information content (AvgIpc) is 2.28. The maximum absolute atomic E-state index is 6.07. The zero-order valence-electron chi connectivity index (χ0n) is 10.2. The van der Waals surface area contributed by atoms with E-state index in [2.05, 4.69) is 19.2 Å². The summed E-state index contributed by atoms with van der Waals surface area (Å²) in [4.78, 5) is 0. The molecule has 90 valence electrons. The molecule has 0 fully saturated rings. The molecule has 0 bridgehead atoms. The third-order valence-electron chi connectivity index (χ3n) is 2.65. The molecule has 0 aliphatic rings. The summed E-state index contributed by atoms with van der Waals surface area (Å²) in [6.45, 7) is 4.39. The topological polar surface area (TPSA) is 21.3 Å². The van der Waals surface area contributed by atoms with Gasteiger partial charge in [0, 0.05) is 11.7 Å². The fourth-order valence-electron chi connectivity index (χ4n) is 1.72. The smallest absolute Gasteiger partial charge is 0.137 e. The van der Waals surface area contributed by atoms with Gasteiger partial charge in [0.05, 0.1) is 12.1 Å². The molecule has 0 saturated heterocycles. The van der Waals surface area contributed by atoms with E-state index >= 15 is 0 Å². The van der Waals surface area contributed by atoms with Crippen LogP contribution in [0.15, 0.2) is 18.2 Å². The Balaban J connectivity index is 2.69. The highest BCUT2D eigenvalue weighted by Crippen LogP contribution is 2.27. The first-order valence-corrected chi connectivity index (χ1v) is 6.19. The van der Waals surface area contributed by atoms with Crippen LogP contribution in [0.2, 0.25) is 5.02 Å². The molecule has 0 spiro atoms. The zero-order chi connectivity index (χ0) is 12.0. The lowest BCUT2D eigenvalue weighted by Crippen LogP contribution is -2.17. The average molecular weight is 242 g/mol. The molecule has 0 aliphatic carbocycles. The van der Waals surface area contributed by atoms with E-state index in [1.807, 2.05) is 18.2 Å². The van der Waals surface area contributed by atoms with E-state index < -0.39 is 0 Å². The molecule has 1 aromatic carbocycles. The summed E-state index contributed by atoms with van der Waals surface area (Å²) in [6, 6.07) is 6.33. The molecule has 3 heteroatoms. The van der Waals surface area contributed by atoms with Crippen molar-refractivity contribution in [2.24, 2.45) is 0 Å². The van der Waals surface area contributed by atoms with Crippen molar-refractivity contribution < 1.29 is 4.74 Å². The minimum Gasteiger partial charge on any atom is -0.495 e. The van der Waals surface area contributed by atoms with Gasteiger partial charge in [-0.05, 0) is 31.0 Å². The normalized spacial score (nSPS) is 12.2. The molecule has 0 aromatic heterocycles. The highest BCUT2D eigenvalue weighted by molar-refractivity contribution is 6.32. The third-order valence-corrected chi connectivity index (χ3v) is 2.95. The number of hydrogen-bond acceptors (Lipinski definition) is 2. The predicted octanol–water partition coefficient (Wildman–Crippen LogP) is 4.34. The highest BCUT2D eigenvalue weighted by atomic mass is 35.5. The maximum atomic E-state index is 6.07. The van der Waals surface area contributed by atoms with Crippen LogP contribution in [0.1, 0.15) is 33.1 Å². The summed E-state index contributed by atoms with van der Waals surface area (Å²) in [6.07, 6.45) is 3.49. The Labute approximate surface area is 103 Å². The van der Waals surface area contributed by atoms with Crippen LogP contribution in [-0.4, -0.2) is 13.2 Å². The summed E-state index contributed by atoms with van der Waals surface area (Å²) >= 11 is 6.07. The van der Waals surface area contributed by atoms with E-state index in [1.165, 1.54) is 12.8 Å². The molecule has 2 nitrogen and oxygen atoms in total. The Morgan fingerprint density at radius 1 is 1.38 bits per heavy atom. The predicted molar refractivity (Wildman–Crippen MR) is 70.6 cm³/mol. The Hall–Kier alpha value is -0.890. The second kappa shape index (κ2) is 6.64. The van der Waals surface area contributed by atoms with Gasteiger partial charge in [0.25, 0.3) is 0 Å². The van der Waals surface area contributed by atoms with E-state index in [9.17, 15) is 0 Å². The number of nitrogens with one attached hydrogen (secondary N) is 1. The summed E-state index contributed by atoms with van der Waals surface area (Å²) in [7, 11) is 1.63. The number of halogens is 1. The van der Waals surface area contributed by atoms with Crippen molar-refractivity contribution in [3.8, 4) is 5.75 Å². The van der Waals surface area contributed by atoms with E-state index in [0.29, 0.717) is 11.1 Å². The van der Waals surface area contributed by atoms with Crippen LogP contribution in [0, 0.1) is 0 Å². The summed E-state index contributed by atoms with van der Waals surface area (Å²) in [5.74, 6) is 0.718. The molecule has 1 N–H and O–H groups in total. The van der Waals surface area contributed by atoms with Gasteiger partial charge in [-0.2, -0.15) is 0 Å². The Kier molecular flexibility index (Phi) is 5.47. The molecule has 0 heterocycles.